The monoisotopic (exact) mass is 251 g/mol. The summed E-state index contributed by atoms with van der Waals surface area (Å²) < 4.78 is 0. The van der Waals surface area contributed by atoms with E-state index in [1.807, 2.05) is 11.8 Å². The smallest absolute Gasteiger partial charge is 0.223 e. The molecule has 0 rings (SSSR count). The topological polar surface area (TPSA) is 20.3 Å². The van der Waals surface area contributed by atoms with Gasteiger partial charge in [-0.2, -0.15) is 0 Å². The molecule has 2 heteroatoms. The minimum atomic E-state index is -0.0977. The van der Waals surface area contributed by atoms with Crippen molar-refractivity contribution >= 4 is 5.91 Å². The fourth-order valence-electron chi connectivity index (χ4n) is 1.72. The van der Waals surface area contributed by atoms with E-state index in [-0.39, 0.29) is 11.4 Å². The minimum absolute atomic E-state index is 0.0977. The Balaban J connectivity index is 4.16. The van der Waals surface area contributed by atoms with Gasteiger partial charge in [-0.05, 0) is 40.0 Å². The number of carbonyl (C=O) groups is 1. The highest BCUT2D eigenvalue weighted by atomic mass is 16.2. The van der Waals surface area contributed by atoms with Crippen molar-refractivity contribution < 1.29 is 4.79 Å². The van der Waals surface area contributed by atoms with Gasteiger partial charge in [0.2, 0.25) is 5.91 Å². The van der Waals surface area contributed by atoms with Crippen molar-refractivity contribution in [2.24, 2.45) is 0 Å². The highest BCUT2D eigenvalue weighted by Crippen LogP contribution is 2.14. The Morgan fingerprint density at radius 3 is 2.00 bits per heavy atom. The molecule has 0 saturated carbocycles. The second kappa shape index (κ2) is 8.96. The molecule has 104 valence electrons. The summed E-state index contributed by atoms with van der Waals surface area (Å²) in [7, 11) is 0. The van der Waals surface area contributed by atoms with Gasteiger partial charge in [-0.1, -0.05) is 38.2 Å². The van der Waals surface area contributed by atoms with Crippen LogP contribution >= 0.6 is 0 Å². The van der Waals surface area contributed by atoms with E-state index in [1.165, 1.54) is 0 Å². The van der Waals surface area contributed by atoms with Gasteiger partial charge in [0, 0.05) is 18.5 Å². The molecule has 0 aliphatic carbocycles. The molecule has 0 aromatic heterocycles. The normalized spacial score (nSPS) is 12.5. The third-order valence-electron chi connectivity index (χ3n) is 2.77. The molecule has 0 aliphatic heterocycles. The zero-order chi connectivity index (χ0) is 14.0. The standard InChI is InChI=1S/C16H29NO/c1-6-8-9-10-11-12-13-14-17(15(18)7-2)16(3,4)5/h8-9,12-13H,6-7,10-11,14H2,1-5H3/b9-8-,13-12+. The first-order chi connectivity index (χ1) is 8.43. The lowest BCUT2D eigenvalue weighted by Gasteiger charge is -2.34. The van der Waals surface area contributed by atoms with Crippen LogP contribution in [0, 0.1) is 0 Å². The predicted octanol–water partition coefficient (Wildman–Crippen LogP) is 4.33. The average molecular weight is 251 g/mol. The number of nitrogens with zero attached hydrogens (tertiary/aromatic N) is 1. The molecule has 0 aliphatic rings. The van der Waals surface area contributed by atoms with Crippen LogP contribution in [0.15, 0.2) is 24.3 Å². The van der Waals surface area contributed by atoms with Crippen LogP contribution in [0.5, 0.6) is 0 Å². The highest BCUT2D eigenvalue weighted by molar-refractivity contribution is 5.76. The Morgan fingerprint density at radius 1 is 1.00 bits per heavy atom. The molecule has 0 atom stereocenters. The second-order valence-electron chi connectivity index (χ2n) is 5.46. The van der Waals surface area contributed by atoms with Crippen LogP contribution in [0.2, 0.25) is 0 Å². The van der Waals surface area contributed by atoms with Gasteiger partial charge in [0.05, 0.1) is 0 Å². The van der Waals surface area contributed by atoms with Crippen LogP contribution in [-0.2, 0) is 4.79 Å². The minimum Gasteiger partial charge on any atom is -0.334 e. The SMILES string of the molecule is CC/C=C\CC/C=C/CN(C(=O)CC)C(C)(C)C. The van der Waals surface area contributed by atoms with E-state index in [4.69, 9.17) is 0 Å². The first-order valence-electron chi connectivity index (χ1n) is 7.03. The van der Waals surface area contributed by atoms with Gasteiger partial charge in [-0.25, -0.2) is 0 Å². The predicted molar refractivity (Wildman–Crippen MR) is 79.6 cm³/mol. The van der Waals surface area contributed by atoms with Crippen molar-refractivity contribution in [2.45, 2.75) is 65.8 Å². The zero-order valence-corrected chi connectivity index (χ0v) is 12.7. The maximum atomic E-state index is 11.8. The van der Waals surface area contributed by atoms with Gasteiger partial charge in [0.25, 0.3) is 0 Å². The highest BCUT2D eigenvalue weighted by Gasteiger charge is 2.23. The van der Waals surface area contributed by atoms with Gasteiger partial charge in [-0.3, -0.25) is 4.79 Å². The van der Waals surface area contributed by atoms with Crippen LogP contribution in [0.1, 0.15) is 60.3 Å². The number of rotatable bonds is 7. The van der Waals surface area contributed by atoms with Gasteiger partial charge in [-0.15, -0.1) is 0 Å². The quantitative estimate of drug-likeness (QED) is 0.487. The first kappa shape index (κ1) is 16.9. The lowest BCUT2D eigenvalue weighted by molar-refractivity contribution is -0.134. The molecule has 0 heterocycles. The molecule has 0 aromatic carbocycles. The van der Waals surface area contributed by atoms with Crippen molar-refractivity contribution in [3.8, 4) is 0 Å². The van der Waals surface area contributed by atoms with E-state index in [0.717, 1.165) is 19.3 Å². The van der Waals surface area contributed by atoms with Crippen LogP contribution in [0.4, 0.5) is 0 Å². The van der Waals surface area contributed by atoms with Gasteiger partial charge in [0.15, 0.2) is 0 Å². The van der Waals surface area contributed by atoms with E-state index in [2.05, 4.69) is 52.0 Å². The molecule has 0 aromatic rings. The lowest BCUT2D eigenvalue weighted by Crippen LogP contribution is -2.45. The molecule has 18 heavy (non-hydrogen) atoms. The molecular weight excluding hydrogens is 222 g/mol. The molecule has 1 amide bonds. The summed E-state index contributed by atoms with van der Waals surface area (Å²) in [6, 6.07) is 0. The summed E-state index contributed by atoms with van der Waals surface area (Å²) >= 11 is 0. The van der Waals surface area contributed by atoms with Crippen molar-refractivity contribution in [3.63, 3.8) is 0 Å². The molecule has 0 fully saturated rings. The number of carbonyl (C=O) groups excluding carboxylic acids is 1. The summed E-state index contributed by atoms with van der Waals surface area (Å²) in [5.41, 5.74) is -0.0977. The third-order valence-corrected chi connectivity index (χ3v) is 2.77. The molecule has 0 bridgehead atoms. The van der Waals surface area contributed by atoms with Gasteiger partial charge < -0.3 is 4.90 Å². The molecule has 0 unspecified atom stereocenters. The molecular formula is C16H29NO. The maximum absolute atomic E-state index is 11.8. The number of unbranched alkanes of at least 4 members (excludes halogenated alkanes) is 1. The second-order valence-corrected chi connectivity index (χ2v) is 5.46. The van der Waals surface area contributed by atoms with Crippen LogP contribution < -0.4 is 0 Å². The summed E-state index contributed by atoms with van der Waals surface area (Å²) in [5, 5.41) is 0. The molecule has 2 nitrogen and oxygen atoms in total. The number of hydrogen-bond donors (Lipinski definition) is 0. The van der Waals surface area contributed by atoms with E-state index >= 15 is 0 Å². The fourth-order valence-corrected chi connectivity index (χ4v) is 1.72. The van der Waals surface area contributed by atoms with E-state index in [0.29, 0.717) is 13.0 Å². The Bertz CT molecular complexity index is 284. The van der Waals surface area contributed by atoms with E-state index in [1.54, 1.807) is 0 Å². The van der Waals surface area contributed by atoms with Crippen LogP contribution in [0.25, 0.3) is 0 Å². The summed E-state index contributed by atoms with van der Waals surface area (Å²) in [4.78, 5) is 13.8. The third kappa shape index (κ3) is 7.31. The van der Waals surface area contributed by atoms with Gasteiger partial charge >= 0.3 is 0 Å². The maximum Gasteiger partial charge on any atom is 0.223 e. The van der Waals surface area contributed by atoms with Crippen molar-refractivity contribution in [2.75, 3.05) is 6.54 Å². The molecule has 0 N–H and O–H groups in total. The Labute approximate surface area is 113 Å². The molecule has 0 radical (unpaired) electrons. The summed E-state index contributed by atoms with van der Waals surface area (Å²) in [6.45, 7) is 11.0. The van der Waals surface area contributed by atoms with Crippen molar-refractivity contribution in [3.05, 3.63) is 24.3 Å². The number of hydrogen-bond acceptors (Lipinski definition) is 1. The fraction of sp³-hybridized carbons (Fsp3) is 0.688. The Hall–Kier alpha value is -1.05. The average Bonchev–Trinajstić information content (AvgIpc) is 2.30. The van der Waals surface area contributed by atoms with Gasteiger partial charge in [0.1, 0.15) is 0 Å². The number of amides is 1. The summed E-state index contributed by atoms with van der Waals surface area (Å²) in [6.07, 6.45) is 12.5. The first-order valence-corrected chi connectivity index (χ1v) is 7.03. The van der Waals surface area contributed by atoms with Crippen molar-refractivity contribution in [1.82, 2.24) is 4.90 Å². The molecule has 0 spiro atoms. The number of allylic oxidation sites excluding steroid dienone is 3. The van der Waals surface area contributed by atoms with Crippen LogP contribution in [0.3, 0.4) is 0 Å². The largest absolute Gasteiger partial charge is 0.334 e. The Morgan fingerprint density at radius 2 is 1.56 bits per heavy atom. The molecule has 0 saturated heterocycles. The van der Waals surface area contributed by atoms with E-state index in [9.17, 15) is 4.79 Å². The van der Waals surface area contributed by atoms with E-state index < -0.39 is 0 Å². The van der Waals surface area contributed by atoms with Crippen LogP contribution in [-0.4, -0.2) is 22.9 Å². The Kier molecular flexibility index (Phi) is 8.43. The van der Waals surface area contributed by atoms with Crippen molar-refractivity contribution in [1.29, 1.82) is 0 Å². The zero-order valence-electron chi connectivity index (χ0n) is 12.7. The summed E-state index contributed by atoms with van der Waals surface area (Å²) in [5.74, 6) is 0.220. The lowest BCUT2D eigenvalue weighted by atomic mass is 10.1.